The number of carbonyl (C=O) groups is 1. The lowest BCUT2D eigenvalue weighted by Gasteiger charge is -2.39. The van der Waals surface area contributed by atoms with Gasteiger partial charge in [-0.15, -0.1) is 0 Å². The molecule has 4 heteroatoms. The molecule has 1 saturated carbocycles. The van der Waals surface area contributed by atoms with Gasteiger partial charge in [0.05, 0.1) is 5.56 Å². The molecule has 1 amide bonds. The quantitative estimate of drug-likeness (QED) is 0.666. The van der Waals surface area contributed by atoms with E-state index in [2.05, 4.69) is 5.32 Å². The van der Waals surface area contributed by atoms with Crippen LogP contribution in [0, 0.1) is 0 Å². The topological polar surface area (TPSA) is 69.6 Å². The molecule has 1 aliphatic carbocycles. The smallest absolute Gasteiger partial charge is 0.255 e. The van der Waals surface area contributed by atoms with Crippen LogP contribution < -0.4 is 5.32 Å². The SMILES string of the molecule is CC1(NC(=O)c2cccc(O)c2O)CCC1. The number of benzene rings is 1. The molecule has 0 saturated heterocycles. The average Bonchev–Trinajstić information content (AvgIpc) is 2.19. The van der Waals surface area contributed by atoms with E-state index < -0.39 is 0 Å². The maximum atomic E-state index is 11.8. The van der Waals surface area contributed by atoms with E-state index in [1.807, 2.05) is 6.92 Å². The number of aromatic hydroxyl groups is 2. The predicted octanol–water partition coefficient (Wildman–Crippen LogP) is 1.77. The number of carbonyl (C=O) groups excluding carboxylic acids is 1. The van der Waals surface area contributed by atoms with Crippen molar-refractivity contribution >= 4 is 5.91 Å². The Bertz CT molecular complexity index is 424. The highest BCUT2D eigenvalue weighted by atomic mass is 16.3. The van der Waals surface area contributed by atoms with Gasteiger partial charge in [0, 0.05) is 5.54 Å². The van der Waals surface area contributed by atoms with Crippen LogP contribution in [0.15, 0.2) is 18.2 Å². The molecule has 0 radical (unpaired) electrons. The number of hydrogen-bond acceptors (Lipinski definition) is 3. The normalized spacial score (nSPS) is 17.6. The summed E-state index contributed by atoms with van der Waals surface area (Å²) < 4.78 is 0. The summed E-state index contributed by atoms with van der Waals surface area (Å²) in [4.78, 5) is 11.8. The van der Waals surface area contributed by atoms with Crippen LogP contribution >= 0.6 is 0 Å². The molecule has 0 heterocycles. The second-order valence-electron chi connectivity index (χ2n) is 4.54. The Morgan fingerprint density at radius 1 is 1.38 bits per heavy atom. The fourth-order valence-electron chi connectivity index (χ4n) is 1.89. The number of hydrogen-bond donors (Lipinski definition) is 3. The molecule has 0 bridgehead atoms. The molecule has 0 unspecified atom stereocenters. The highest BCUT2D eigenvalue weighted by molar-refractivity contribution is 5.98. The van der Waals surface area contributed by atoms with E-state index in [0.29, 0.717) is 0 Å². The van der Waals surface area contributed by atoms with Crippen molar-refractivity contribution in [1.82, 2.24) is 5.32 Å². The van der Waals surface area contributed by atoms with Crippen LogP contribution in [-0.2, 0) is 0 Å². The lowest BCUT2D eigenvalue weighted by Crippen LogP contribution is -2.50. The number of phenols is 2. The number of para-hydroxylation sites is 1. The fourth-order valence-corrected chi connectivity index (χ4v) is 1.89. The zero-order valence-electron chi connectivity index (χ0n) is 9.16. The largest absolute Gasteiger partial charge is 0.504 e. The molecule has 4 nitrogen and oxygen atoms in total. The van der Waals surface area contributed by atoms with E-state index in [4.69, 9.17) is 0 Å². The highest BCUT2D eigenvalue weighted by Crippen LogP contribution is 2.33. The van der Waals surface area contributed by atoms with Crippen molar-refractivity contribution in [2.24, 2.45) is 0 Å². The van der Waals surface area contributed by atoms with Crippen LogP contribution in [0.25, 0.3) is 0 Å². The van der Waals surface area contributed by atoms with E-state index >= 15 is 0 Å². The number of rotatable bonds is 2. The van der Waals surface area contributed by atoms with Gasteiger partial charge >= 0.3 is 0 Å². The van der Waals surface area contributed by atoms with Crippen molar-refractivity contribution in [2.75, 3.05) is 0 Å². The lowest BCUT2D eigenvalue weighted by molar-refractivity contribution is 0.0847. The molecular formula is C12H15NO3. The van der Waals surface area contributed by atoms with E-state index in [9.17, 15) is 15.0 Å². The molecule has 0 aliphatic heterocycles. The first kappa shape index (κ1) is 10.8. The minimum atomic E-state index is -0.358. The summed E-state index contributed by atoms with van der Waals surface area (Å²) in [6, 6.07) is 4.37. The fraction of sp³-hybridized carbons (Fsp3) is 0.417. The van der Waals surface area contributed by atoms with E-state index in [1.54, 1.807) is 0 Å². The predicted molar refractivity (Wildman–Crippen MR) is 59.5 cm³/mol. The van der Waals surface area contributed by atoms with Crippen LogP contribution in [0.3, 0.4) is 0 Å². The van der Waals surface area contributed by atoms with Gasteiger partial charge in [0.2, 0.25) is 0 Å². The van der Waals surface area contributed by atoms with Gasteiger partial charge in [-0.3, -0.25) is 4.79 Å². The molecular weight excluding hydrogens is 206 g/mol. The van der Waals surface area contributed by atoms with E-state index in [1.165, 1.54) is 18.2 Å². The number of nitrogens with one attached hydrogen (secondary N) is 1. The van der Waals surface area contributed by atoms with Crippen molar-refractivity contribution in [3.05, 3.63) is 23.8 Å². The summed E-state index contributed by atoms with van der Waals surface area (Å²) in [5.74, 6) is -0.968. The number of phenolic OH excluding ortho intramolecular Hbond substituents is 2. The lowest BCUT2D eigenvalue weighted by atomic mass is 9.78. The second-order valence-corrected chi connectivity index (χ2v) is 4.54. The molecule has 0 spiro atoms. The second kappa shape index (κ2) is 3.70. The summed E-state index contributed by atoms with van der Waals surface area (Å²) in [5.41, 5.74) is -0.0391. The Balaban J connectivity index is 2.17. The summed E-state index contributed by atoms with van der Waals surface area (Å²) in [6.45, 7) is 1.98. The Hall–Kier alpha value is -1.71. The Kier molecular flexibility index (Phi) is 2.50. The molecule has 1 aromatic rings. The monoisotopic (exact) mass is 221 g/mol. The van der Waals surface area contributed by atoms with Gasteiger partial charge in [0.15, 0.2) is 11.5 Å². The standard InChI is InChI=1S/C12H15NO3/c1-12(6-3-7-12)13-11(16)8-4-2-5-9(14)10(8)15/h2,4-5,14-15H,3,6-7H2,1H3,(H,13,16). The molecule has 0 aromatic heterocycles. The van der Waals surface area contributed by atoms with Gasteiger partial charge in [-0.1, -0.05) is 6.07 Å². The van der Waals surface area contributed by atoms with Crippen LogP contribution in [-0.4, -0.2) is 21.7 Å². The van der Waals surface area contributed by atoms with Crippen LogP contribution in [0.1, 0.15) is 36.5 Å². The van der Waals surface area contributed by atoms with Gasteiger partial charge in [0.25, 0.3) is 5.91 Å². The van der Waals surface area contributed by atoms with E-state index in [0.717, 1.165) is 19.3 Å². The molecule has 3 N–H and O–H groups in total. The number of amides is 1. The zero-order chi connectivity index (χ0) is 11.8. The van der Waals surface area contributed by atoms with Gasteiger partial charge in [-0.2, -0.15) is 0 Å². The van der Waals surface area contributed by atoms with Gasteiger partial charge in [-0.05, 0) is 38.3 Å². The third kappa shape index (κ3) is 1.83. The molecule has 0 atom stereocenters. The summed E-state index contributed by atoms with van der Waals surface area (Å²) in [7, 11) is 0. The average molecular weight is 221 g/mol. The third-order valence-corrected chi connectivity index (χ3v) is 3.13. The first-order chi connectivity index (χ1) is 7.52. The summed E-state index contributed by atoms with van der Waals surface area (Å²) >= 11 is 0. The highest BCUT2D eigenvalue weighted by Gasteiger charge is 2.33. The Morgan fingerprint density at radius 3 is 2.62 bits per heavy atom. The van der Waals surface area contributed by atoms with Crippen molar-refractivity contribution in [1.29, 1.82) is 0 Å². The Labute approximate surface area is 93.9 Å². The minimum absolute atomic E-state index is 0.119. The molecule has 86 valence electrons. The van der Waals surface area contributed by atoms with Gasteiger partial charge in [-0.25, -0.2) is 0 Å². The van der Waals surface area contributed by atoms with E-state index in [-0.39, 0.29) is 28.5 Å². The van der Waals surface area contributed by atoms with Crippen LogP contribution in [0.4, 0.5) is 0 Å². The minimum Gasteiger partial charge on any atom is -0.504 e. The van der Waals surface area contributed by atoms with Crippen LogP contribution in [0.2, 0.25) is 0 Å². The summed E-state index contributed by atoms with van der Waals surface area (Å²) in [5, 5.41) is 21.7. The van der Waals surface area contributed by atoms with Crippen molar-refractivity contribution in [3.63, 3.8) is 0 Å². The third-order valence-electron chi connectivity index (χ3n) is 3.13. The molecule has 1 fully saturated rings. The maximum Gasteiger partial charge on any atom is 0.255 e. The van der Waals surface area contributed by atoms with Gasteiger partial charge < -0.3 is 15.5 Å². The van der Waals surface area contributed by atoms with Crippen molar-refractivity contribution < 1.29 is 15.0 Å². The van der Waals surface area contributed by atoms with Crippen LogP contribution in [0.5, 0.6) is 11.5 Å². The first-order valence-corrected chi connectivity index (χ1v) is 5.35. The molecule has 2 rings (SSSR count). The van der Waals surface area contributed by atoms with Gasteiger partial charge in [0.1, 0.15) is 0 Å². The van der Waals surface area contributed by atoms with Crippen molar-refractivity contribution in [3.8, 4) is 11.5 Å². The summed E-state index contributed by atoms with van der Waals surface area (Å²) in [6.07, 6.45) is 3.03. The molecule has 16 heavy (non-hydrogen) atoms. The Morgan fingerprint density at radius 2 is 2.06 bits per heavy atom. The molecule has 1 aliphatic rings. The van der Waals surface area contributed by atoms with Crippen molar-refractivity contribution in [2.45, 2.75) is 31.7 Å². The maximum absolute atomic E-state index is 11.8. The molecule has 1 aromatic carbocycles. The first-order valence-electron chi connectivity index (χ1n) is 5.35. The zero-order valence-corrected chi connectivity index (χ0v) is 9.16.